The van der Waals surface area contributed by atoms with Crippen LogP contribution in [0.4, 0.5) is 5.69 Å². The molecular formula is C10H9NOS. The quantitative estimate of drug-likeness (QED) is 0.728. The fourth-order valence-corrected chi connectivity index (χ4v) is 2.01. The van der Waals surface area contributed by atoms with Gasteiger partial charge in [0.05, 0.1) is 0 Å². The average Bonchev–Trinajstić information content (AvgIpc) is 2.53. The highest BCUT2D eigenvalue weighted by molar-refractivity contribution is 7.14. The molecule has 2 aromatic rings. The van der Waals surface area contributed by atoms with Gasteiger partial charge in [0, 0.05) is 21.5 Å². The molecule has 0 radical (unpaired) electrons. The Morgan fingerprint density at radius 3 is 2.62 bits per heavy atom. The number of benzene rings is 1. The van der Waals surface area contributed by atoms with E-state index < -0.39 is 0 Å². The number of nitrogen functional groups attached to an aromatic ring is 1. The van der Waals surface area contributed by atoms with Crippen LogP contribution in [-0.2, 0) is 0 Å². The van der Waals surface area contributed by atoms with Crippen LogP contribution in [0.2, 0.25) is 0 Å². The number of hydrogen-bond acceptors (Lipinski definition) is 3. The second kappa shape index (κ2) is 3.11. The molecule has 1 heterocycles. The summed E-state index contributed by atoms with van der Waals surface area (Å²) in [7, 11) is 0. The molecule has 0 aliphatic carbocycles. The Balaban J connectivity index is 2.52. The predicted molar refractivity (Wildman–Crippen MR) is 55.8 cm³/mol. The van der Waals surface area contributed by atoms with Crippen LogP contribution in [0.15, 0.2) is 35.7 Å². The van der Waals surface area contributed by atoms with Crippen LogP contribution in [0, 0.1) is 0 Å². The Morgan fingerprint density at radius 1 is 1.23 bits per heavy atom. The molecule has 0 unspecified atom stereocenters. The van der Waals surface area contributed by atoms with Crippen LogP contribution >= 0.6 is 11.3 Å². The van der Waals surface area contributed by atoms with Crippen LogP contribution in [0.3, 0.4) is 0 Å². The molecule has 13 heavy (non-hydrogen) atoms. The number of hydrogen-bond donors (Lipinski definition) is 2. The van der Waals surface area contributed by atoms with Crippen molar-refractivity contribution in [2.75, 3.05) is 5.73 Å². The molecule has 2 rings (SSSR count). The highest BCUT2D eigenvalue weighted by atomic mass is 32.1. The molecule has 3 heteroatoms. The van der Waals surface area contributed by atoms with E-state index in [-0.39, 0.29) is 0 Å². The molecule has 0 fully saturated rings. The number of phenolic OH excluding ortho intramolecular Hbond substituents is 1. The predicted octanol–water partition coefficient (Wildman–Crippen LogP) is 2.70. The molecule has 3 N–H and O–H groups in total. The molecule has 0 aliphatic rings. The van der Waals surface area contributed by atoms with Crippen LogP contribution in [0.25, 0.3) is 10.4 Å². The molecule has 0 bridgehead atoms. The van der Waals surface area contributed by atoms with E-state index in [1.807, 2.05) is 23.6 Å². The third kappa shape index (κ3) is 1.51. The molecule has 0 saturated carbocycles. The summed E-state index contributed by atoms with van der Waals surface area (Å²) in [6.45, 7) is 0. The normalized spacial score (nSPS) is 10.2. The minimum atomic E-state index is 0.296. The van der Waals surface area contributed by atoms with Gasteiger partial charge in [0.1, 0.15) is 5.75 Å². The zero-order valence-corrected chi connectivity index (χ0v) is 7.71. The van der Waals surface area contributed by atoms with Gasteiger partial charge in [-0.25, -0.2) is 0 Å². The van der Waals surface area contributed by atoms with E-state index >= 15 is 0 Å². The third-order valence-electron chi connectivity index (χ3n) is 1.79. The van der Waals surface area contributed by atoms with Crippen LogP contribution in [-0.4, -0.2) is 5.11 Å². The van der Waals surface area contributed by atoms with Crippen molar-refractivity contribution in [2.24, 2.45) is 0 Å². The summed E-state index contributed by atoms with van der Waals surface area (Å²) < 4.78 is 0. The first-order valence-corrected chi connectivity index (χ1v) is 4.78. The van der Waals surface area contributed by atoms with Gasteiger partial charge < -0.3 is 10.8 Å². The fraction of sp³-hybridized carbons (Fsp3) is 0. The summed E-state index contributed by atoms with van der Waals surface area (Å²) in [5.74, 6) is 0.296. The van der Waals surface area contributed by atoms with Crippen molar-refractivity contribution in [3.8, 4) is 16.2 Å². The van der Waals surface area contributed by atoms with Gasteiger partial charge in [-0.3, -0.25) is 0 Å². The van der Waals surface area contributed by atoms with Crippen molar-refractivity contribution in [3.63, 3.8) is 0 Å². The van der Waals surface area contributed by atoms with Crippen molar-refractivity contribution in [2.45, 2.75) is 0 Å². The third-order valence-corrected chi connectivity index (χ3v) is 2.77. The molecule has 0 aliphatic heterocycles. The maximum Gasteiger partial charge on any atom is 0.124 e. The van der Waals surface area contributed by atoms with E-state index in [1.165, 1.54) is 11.3 Å². The molecule has 0 saturated heterocycles. The van der Waals surface area contributed by atoms with Crippen molar-refractivity contribution in [3.05, 3.63) is 35.7 Å². The number of para-hydroxylation sites is 1. The number of thiophene rings is 1. The van der Waals surface area contributed by atoms with E-state index in [0.29, 0.717) is 5.75 Å². The van der Waals surface area contributed by atoms with Crippen LogP contribution < -0.4 is 5.73 Å². The summed E-state index contributed by atoms with van der Waals surface area (Å²) in [5.41, 5.74) is 7.17. The fourth-order valence-electron chi connectivity index (χ4n) is 1.17. The second-order valence-electron chi connectivity index (χ2n) is 2.76. The Hall–Kier alpha value is -1.48. The summed E-state index contributed by atoms with van der Waals surface area (Å²) in [6.07, 6.45) is 0. The number of phenols is 1. The summed E-state index contributed by atoms with van der Waals surface area (Å²) in [5, 5.41) is 11.4. The lowest BCUT2D eigenvalue weighted by atomic mass is 10.1. The first-order chi connectivity index (χ1) is 6.27. The number of nitrogens with two attached hydrogens (primary N) is 1. The number of rotatable bonds is 1. The van der Waals surface area contributed by atoms with Gasteiger partial charge in [0.25, 0.3) is 0 Å². The standard InChI is InChI=1S/C10H9NOS/c11-7-5-10(13-6-7)8-3-1-2-4-9(8)12/h1-6,12H,11H2. The van der Waals surface area contributed by atoms with Crippen molar-refractivity contribution in [1.29, 1.82) is 0 Å². The highest BCUT2D eigenvalue weighted by Crippen LogP contribution is 2.33. The molecule has 2 nitrogen and oxygen atoms in total. The molecule has 66 valence electrons. The topological polar surface area (TPSA) is 46.2 Å². The van der Waals surface area contributed by atoms with Gasteiger partial charge in [-0.15, -0.1) is 11.3 Å². The van der Waals surface area contributed by atoms with Crippen molar-refractivity contribution in [1.82, 2.24) is 0 Å². The lowest BCUT2D eigenvalue weighted by molar-refractivity contribution is 0.477. The lowest BCUT2D eigenvalue weighted by Crippen LogP contribution is -1.77. The Labute approximate surface area is 80.3 Å². The number of aromatic hydroxyl groups is 1. The zero-order chi connectivity index (χ0) is 9.26. The van der Waals surface area contributed by atoms with Gasteiger partial charge in [-0.1, -0.05) is 12.1 Å². The van der Waals surface area contributed by atoms with Crippen LogP contribution in [0.5, 0.6) is 5.75 Å². The minimum absolute atomic E-state index is 0.296. The molecule has 1 aromatic heterocycles. The maximum absolute atomic E-state index is 9.54. The summed E-state index contributed by atoms with van der Waals surface area (Å²) >= 11 is 1.53. The second-order valence-corrected chi connectivity index (χ2v) is 3.67. The van der Waals surface area contributed by atoms with Gasteiger partial charge in [0.15, 0.2) is 0 Å². The first-order valence-electron chi connectivity index (χ1n) is 3.90. The Kier molecular flexibility index (Phi) is 1.94. The minimum Gasteiger partial charge on any atom is -0.507 e. The lowest BCUT2D eigenvalue weighted by Gasteiger charge is -1.99. The molecule has 1 aromatic carbocycles. The van der Waals surface area contributed by atoms with Crippen molar-refractivity contribution < 1.29 is 5.11 Å². The van der Waals surface area contributed by atoms with Gasteiger partial charge in [-0.05, 0) is 18.2 Å². The zero-order valence-electron chi connectivity index (χ0n) is 6.90. The first kappa shape index (κ1) is 8.13. The van der Waals surface area contributed by atoms with E-state index in [1.54, 1.807) is 12.1 Å². The van der Waals surface area contributed by atoms with Gasteiger partial charge in [0.2, 0.25) is 0 Å². The monoisotopic (exact) mass is 191 g/mol. The Bertz CT molecular complexity index is 422. The van der Waals surface area contributed by atoms with E-state index in [0.717, 1.165) is 16.1 Å². The maximum atomic E-state index is 9.54. The largest absolute Gasteiger partial charge is 0.507 e. The molecule has 0 spiro atoms. The van der Waals surface area contributed by atoms with Gasteiger partial charge >= 0.3 is 0 Å². The molecule has 0 atom stereocenters. The van der Waals surface area contributed by atoms with Crippen molar-refractivity contribution >= 4 is 17.0 Å². The number of anilines is 1. The van der Waals surface area contributed by atoms with E-state index in [4.69, 9.17) is 5.73 Å². The van der Waals surface area contributed by atoms with E-state index in [9.17, 15) is 5.11 Å². The molecule has 0 amide bonds. The smallest absolute Gasteiger partial charge is 0.124 e. The average molecular weight is 191 g/mol. The van der Waals surface area contributed by atoms with Gasteiger partial charge in [-0.2, -0.15) is 0 Å². The van der Waals surface area contributed by atoms with Crippen LogP contribution in [0.1, 0.15) is 0 Å². The van der Waals surface area contributed by atoms with E-state index in [2.05, 4.69) is 0 Å². The summed E-state index contributed by atoms with van der Waals surface area (Å²) in [6, 6.07) is 9.10. The highest BCUT2D eigenvalue weighted by Gasteiger charge is 2.04. The Morgan fingerprint density at radius 2 is 2.00 bits per heavy atom. The summed E-state index contributed by atoms with van der Waals surface area (Å²) in [4.78, 5) is 0.996. The SMILES string of the molecule is Nc1csc(-c2ccccc2O)c1. The molecular weight excluding hydrogens is 182 g/mol.